The number of nitrogens with two attached hydrogens (primary N) is 1. The van der Waals surface area contributed by atoms with E-state index in [0.717, 1.165) is 10.4 Å². The minimum atomic E-state index is -0.513. The molecule has 1 heterocycles. The van der Waals surface area contributed by atoms with Gasteiger partial charge in [0.15, 0.2) is 0 Å². The van der Waals surface area contributed by atoms with Crippen molar-refractivity contribution in [3.8, 4) is 0 Å². The van der Waals surface area contributed by atoms with Gasteiger partial charge in [0.1, 0.15) is 5.82 Å². The van der Waals surface area contributed by atoms with E-state index < -0.39 is 5.82 Å². The summed E-state index contributed by atoms with van der Waals surface area (Å²) in [5.74, 6) is -0.768. The Labute approximate surface area is 108 Å². The van der Waals surface area contributed by atoms with Crippen molar-refractivity contribution in [1.29, 1.82) is 0 Å². The molecular weight excluding hydrogens is 251 g/mol. The molecule has 0 aliphatic rings. The van der Waals surface area contributed by atoms with E-state index in [1.54, 1.807) is 11.3 Å². The van der Waals surface area contributed by atoms with Crippen LogP contribution in [-0.2, 0) is 6.54 Å². The molecular formula is C13H13FN2OS. The zero-order chi connectivity index (χ0) is 13.1. The number of carbonyl (C=O) groups excluding carboxylic acids is 1. The van der Waals surface area contributed by atoms with E-state index in [2.05, 4.69) is 5.32 Å². The van der Waals surface area contributed by atoms with E-state index in [1.807, 2.05) is 18.4 Å². The number of hydrogen-bond acceptors (Lipinski definition) is 3. The number of thiophene rings is 1. The highest BCUT2D eigenvalue weighted by Crippen LogP contribution is 2.16. The van der Waals surface area contributed by atoms with Crippen molar-refractivity contribution in [1.82, 2.24) is 5.32 Å². The van der Waals surface area contributed by atoms with Crippen molar-refractivity contribution in [3.63, 3.8) is 0 Å². The quantitative estimate of drug-likeness (QED) is 0.837. The van der Waals surface area contributed by atoms with Gasteiger partial charge in [0.25, 0.3) is 5.91 Å². The summed E-state index contributed by atoms with van der Waals surface area (Å²) in [5.41, 5.74) is 6.92. The van der Waals surface area contributed by atoms with Gasteiger partial charge in [-0.1, -0.05) is 0 Å². The second-order valence-electron chi connectivity index (χ2n) is 3.95. The van der Waals surface area contributed by atoms with Crippen LogP contribution in [0.5, 0.6) is 0 Å². The summed E-state index contributed by atoms with van der Waals surface area (Å²) >= 11 is 1.59. The number of rotatable bonds is 3. The Balaban J connectivity index is 2.04. The van der Waals surface area contributed by atoms with Gasteiger partial charge in [-0.2, -0.15) is 0 Å². The number of aryl methyl sites for hydroxylation is 1. The average molecular weight is 264 g/mol. The molecule has 1 aromatic carbocycles. The summed E-state index contributed by atoms with van der Waals surface area (Å²) in [4.78, 5) is 12.9. The average Bonchev–Trinajstić information content (AvgIpc) is 2.75. The third kappa shape index (κ3) is 2.68. The highest BCUT2D eigenvalue weighted by atomic mass is 32.1. The number of hydrogen-bond donors (Lipinski definition) is 2. The van der Waals surface area contributed by atoms with E-state index in [-0.39, 0.29) is 11.6 Å². The first kappa shape index (κ1) is 12.6. The predicted molar refractivity (Wildman–Crippen MR) is 71.0 cm³/mol. The SMILES string of the molecule is Cc1ccsc1CNC(=O)c1ccc(F)c(N)c1. The second-order valence-corrected chi connectivity index (χ2v) is 4.95. The molecule has 2 rings (SSSR count). The molecule has 18 heavy (non-hydrogen) atoms. The maximum Gasteiger partial charge on any atom is 0.251 e. The van der Waals surface area contributed by atoms with Crippen LogP contribution in [-0.4, -0.2) is 5.91 Å². The Morgan fingerprint density at radius 3 is 2.83 bits per heavy atom. The van der Waals surface area contributed by atoms with Gasteiger partial charge in [0, 0.05) is 10.4 Å². The lowest BCUT2D eigenvalue weighted by molar-refractivity contribution is 0.0951. The van der Waals surface area contributed by atoms with Crippen molar-refractivity contribution < 1.29 is 9.18 Å². The Morgan fingerprint density at radius 1 is 1.44 bits per heavy atom. The fraction of sp³-hybridized carbons (Fsp3) is 0.154. The van der Waals surface area contributed by atoms with Crippen LogP contribution < -0.4 is 11.1 Å². The maximum atomic E-state index is 13.0. The van der Waals surface area contributed by atoms with Gasteiger partial charge >= 0.3 is 0 Å². The standard InChI is InChI=1S/C13H13FN2OS/c1-8-4-5-18-12(8)7-16-13(17)9-2-3-10(14)11(15)6-9/h2-6H,7,15H2,1H3,(H,16,17). The molecule has 3 nitrogen and oxygen atoms in total. The lowest BCUT2D eigenvalue weighted by Gasteiger charge is -2.06. The zero-order valence-electron chi connectivity index (χ0n) is 9.87. The number of nitrogen functional groups attached to an aromatic ring is 1. The van der Waals surface area contributed by atoms with Crippen molar-refractivity contribution in [2.45, 2.75) is 13.5 Å². The highest BCUT2D eigenvalue weighted by molar-refractivity contribution is 7.10. The number of anilines is 1. The lowest BCUT2D eigenvalue weighted by atomic mass is 10.2. The van der Waals surface area contributed by atoms with Crippen molar-refractivity contribution in [2.24, 2.45) is 0 Å². The number of carbonyl (C=O) groups is 1. The summed E-state index contributed by atoms with van der Waals surface area (Å²) in [6, 6.07) is 5.96. The van der Waals surface area contributed by atoms with Crippen LogP contribution in [0.2, 0.25) is 0 Å². The number of halogens is 1. The Hall–Kier alpha value is -1.88. The summed E-state index contributed by atoms with van der Waals surface area (Å²) < 4.78 is 13.0. The fourth-order valence-corrected chi connectivity index (χ4v) is 2.38. The first-order valence-corrected chi connectivity index (χ1v) is 6.32. The predicted octanol–water partition coefficient (Wildman–Crippen LogP) is 2.71. The van der Waals surface area contributed by atoms with Crippen LogP contribution >= 0.6 is 11.3 Å². The first-order valence-electron chi connectivity index (χ1n) is 5.44. The van der Waals surface area contributed by atoms with E-state index in [1.165, 1.54) is 18.2 Å². The van der Waals surface area contributed by atoms with Gasteiger partial charge in [0.2, 0.25) is 0 Å². The van der Waals surface area contributed by atoms with Crippen LogP contribution in [0.3, 0.4) is 0 Å². The molecule has 2 aromatic rings. The molecule has 0 radical (unpaired) electrons. The van der Waals surface area contributed by atoms with E-state index in [0.29, 0.717) is 12.1 Å². The van der Waals surface area contributed by atoms with Crippen LogP contribution in [0, 0.1) is 12.7 Å². The molecule has 1 aromatic heterocycles. The van der Waals surface area contributed by atoms with Gasteiger partial charge in [0.05, 0.1) is 12.2 Å². The van der Waals surface area contributed by atoms with Gasteiger partial charge < -0.3 is 11.1 Å². The number of nitrogens with one attached hydrogen (secondary N) is 1. The molecule has 0 fully saturated rings. The maximum absolute atomic E-state index is 13.0. The molecule has 0 atom stereocenters. The Kier molecular flexibility index (Phi) is 3.62. The number of benzene rings is 1. The van der Waals surface area contributed by atoms with Gasteiger partial charge in [-0.05, 0) is 42.1 Å². The molecule has 0 saturated carbocycles. The molecule has 0 saturated heterocycles. The smallest absolute Gasteiger partial charge is 0.251 e. The topological polar surface area (TPSA) is 55.1 Å². The Bertz CT molecular complexity index is 580. The van der Waals surface area contributed by atoms with Crippen molar-refractivity contribution in [2.75, 3.05) is 5.73 Å². The Morgan fingerprint density at radius 2 is 2.22 bits per heavy atom. The van der Waals surface area contributed by atoms with Crippen LogP contribution in [0.4, 0.5) is 10.1 Å². The summed E-state index contributed by atoms with van der Waals surface area (Å²) in [5, 5.41) is 4.76. The summed E-state index contributed by atoms with van der Waals surface area (Å²) in [6.45, 7) is 2.47. The van der Waals surface area contributed by atoms with Crippen LogP contribution in [0.15, 0.2) is 29.6 Å². The second kappa shape index (κ2) is 5.18. The molecule has 0 bridgehead atoms. The third-order valence-corrected chi connectivity index (χ3v) is 3.66. The van der Waals surface area contributed by atoms with Crippen LogP contribution in [0.1, 0.15) is 20.8 Å². The number of amides is 1. The van der Waals surface area contributed by atoms with E-state index in [9.17, 15) is 9.18 Å². The first-order chi connectivity index (χ1) is 8.58. The molecule has 0 spiro atoms. The van der Waals surface area contributed by atoms with Gasteiger partial charge in [-0.3, -0.25) is 4.79 Å². The van der Waals surface area contributed by atoms with Crippen molar-refractivity contribution >= 4 is 22.9 Å². The fourth-order valence-electron chi connectivity index (χ4n) is 1.53. The van der Waals surface area contributed by atoms with E-state index >= 15 is 0 Å². The van der Waals surface area contributed by atoms with Gasteiger partial charge in [-0.25, -0.2) is 4.39 Å². The molecule has 0 aliphatic heterocycles. The summed E-state index contributed by atoms with van der Waals surface area (Å²) in [7, 11) is 0. The van der Waals surface area contributed by atoms with Crippen molar-refractivity contribution in [3.05, 3.63) is 51.5 Å². The minimum absolute atomic E-state index is 0.0186. The monoisotopic (exact) mass is 264 g/mol. The molecule has 0 unspecified atom stereocenters. The van der Waals surface area contributed by atoms with Crippen LogP contribution in [0.25, 0.3) is 0 Å². The third-order valence-electron chi connectivity index (χ3n) is 2.64. The molecule has 0 aliphatic carbocycles. The highest BCUT2D eigenvalue weighted by Gasteiger charge is 2.08. The normalized spacial score (nSPS) is 10.3. The molecule has 5 heteroatoms. The lowest BCUT2D eigenvalue weighted by Crippen LogP contribution is -2.22. The molecule has 3 N–H and O–H groups in total. The zero-order valence-corrected chi connectivity index (χ0v) is 10.7. The van der Waals surface area contributed by atoms with E-state index in [4.69, 9.17) is 5.73 Å². The summed E-state index contributed by atoms with van der Waals surface area (Å²) in [6.07, 6.45) is 0. The molecule has 94 valence electrons. The van der Waals surface area contributed by atoms with Gasteiger partial charge in [-0.15, -0.1) is 11.3 Å². The minimum Gasteiger partial charge on any atom is -0.396 e. The molecule has 1 amide bonds. The largest absolute Gasteiger partial charge is 0.396 e.